The van der Waals surface area contributed by atoms with Crippen LogP contribution in [0.4, 0.5) is 29.3 Å². The number of pyridine rings is 1. The first kappa shape index (κ1) is 27.4. The number of halogens is 3. The van der Waals surface area contributed by atoms with Crippen LogP contribution < -0.4 is 20.1 Å². The van der Waals surface area contributed by atoms with Crippen molar-refractivity contribution in [2.24, 2.45) is 0 Å². The monoisotopic (exact) mass is 537 g/mol. The summed E-state index contributed by atoms with van der Waals surface area (Å²) in [5.41, 5.74) is 2.24. The van der Waals surface area contributed by atoms with E-state index in [1.54, 1.807) is 43.6 Å². The van der Waals surface area contributed by atoms with Crippen molar-refractivity contribution >= 4 is 17.4 Å². The average molecular weight is 538 g/mol. The van der Waals surface area contributed by atoms with Gasteiger partial charge in [0.1, 0.15) is 17.3 Å². The molecule has 202 valence electrons. The van der Waals surface area contributed by atoms with E-state index in [2.05, 4.69) is 25.6 Å². The number of urea groups is 1. The molecule has 0 radical (unpaired) electrons. The molecule has 0 fully saturated rings. The summed E-state index contributed by atoms with van der Waals surface area (Å²) in [4.78, 5) is 25.9. The van der Waals surface area contributed by atoms with Gasteiger partial charge in [-0.25, -0.2) is 19.7 Å². The van der Waals surface area contributed by atoms with Crippen LogP contribution in [0.25, 0.3) is 11.3 Å². The lowest BCUT2D eigenvalue weighted by molar-refractivity contribution is -0.137. The van der Waals surface area contributed by atoms with Gasteiger partial charge in [0.05, 0.1) is 29.6 Å². The quantitative estimate of drug-likeness (QED) is 0.259. The predicted molar refractivity (Wildman–Crippen MR) is 141 cm³/mol. The highest BCUT2D eigenvalue weighted by Gasteiger charge is 2.31. The number of nitrogens with zero attached hydrogens (tertiary/aromatic N) is 3. The van der Waals surface area contributed by atoms with Crippen LogP contribution in [0.15, 0.2) is 60.9 Å². The maximum atomic E-state index is 13.1. The van der Waals surface area contributed by atoms with Crippen LogP contribution in [-0.2, 0) is 12.6 Å². The lowest BCUT2D eigenvalue weighted by Gasteiger charge is -2.17. The first-order valence-corrected chi connectivity index (χ1v) is 12.0. The van der Waals surface area contributed by atoms with Crippen molar-refractivity contribution in [2.75, 3.05) is 17.7 Å². The number of carbonyl (C=O) groups excluding carboxylic acids is 1. The molecule has 2 aromatic heterocycles. The van der Waals surface area contributed by atoms with Crippen molar-refractivity contribution in [2.45, 2.75) is 33.4 Å². The van der Waals surface area contributed by atoms with Gasteiger partial charge in [0.15, 0.2) is 0 Å². The fraction of sp³-hybridized carbons (Fsp3) is 0.214. The second kappa shape index (κ2) is 11.4. The summed E-state index contributed by atoms with van der Waals surface area (Å²) in [5, 5.41) is 5.11. The second-order valence-corrected chi connectivity index (χ2v) is 8.52. The van der Waals surface area contributed by atoms with Crippen LogP contribution >= 0.6 is 0 Å². The molecule has 0 aliphatic heterocycles. The molecular weight excluding hydrogens is 511 g/mol. The summed E-state index contributed by atoms with van der Waals surface area (Å²) in [6.45, 7) is 5.59. The van der Waals surface area contributed by atoms with Gasteiger partial charge in [-0.2, -0.15) is 13.2 Å². The third kappa shape index (κ3) is 6.25. The van der Waals surface area contributed by atoms with Gasteiger partial charge in [-0.3, -0.25) is 0 Å². The molecule has 0 bridgehead atoms. The number of aryl methyl sites for hydroxylation is 1. The van der Waals surface area contributed by atoms with Crippen LogP contribution in [0.5, 0.6) is 17.4 Å². The van der Waals surface area contributed by atoms with Crippen molar-refractivity contribution in [3.8, 4) is 28.6 Å². The normalized spacial score (nSPS) is 11.2. The van der Waals surface area contributed by atoms with E-state index in [1.807, 2.05) is 19.9 Å². The summed E-state index contributed by atoms with van der Waals surface area (Å²) in [5.74, 6) is 1.67. The molecule has 39 heavy (non-hydrogen) atoms. The minimum Gasteiger partial charge on any atom is -0.495 e. The molecule has 0 unspecified atom stereocenters. The third-order valence-electron chi connectivity index (χ3n) is 6.04. The van der Waals surface area contributed by atoms with Gasteiger partial charge < -0.3 is 20.1 Å². The first-order chi connectivity index (χ1) is 18.6. The van der Waals surface area contributed by atoms with E-state index in [9.17, 15) is 18.0 Å². The summed E-state index contributed by atoms with van der Waals surface area (Å²) < 4.78 is 50.7. The molecule has 0 saturated carbocycles. The number of hydrogen-bond acceptors (Lipinski definition) is 6. The molecule has 0 atom stereocenters. The first-order valence-electron chi connectivity index (χ1n) is 12.0. The Bertz CT molecular complexity index is 1510. The maximum Gasteiger partial charge on any atom is 0.416 e. The fourth-order valence-corrected chi connectivity index (χ4v) is 3.79. The average Bonchev–Trinajstić information content (AvgIpc) is 2.92. The molecule has 2 aromatic carbocycles. The van der Waals surface area contributed by atoms with Crippen LogP contribution in [0.2, 0.25) is 0 Å². The Morgan fingerprint density at radius 1 is 0.923 bits per heavy atom. The van der Waals surface area contributed by atoms with Gasteiger partial charge >= 0.3 is 12.2 Å². The van der Waals surface area contributed by atoms with Gasteiger partial charge in [-0.05, 0) is 73.5 Å². The van der Waals surface area contributed by atoms with E-state index in [-0.39, 0.29) is 11.4 Å². The molecule has 4 rings (SSSR count). The number of rotatable bonds is 7. The number of aromatic nitrogens is 3. The molecule has 2 amide bonds. The van der Waals surface area contributed by atoms with E-state index in [4.69, 9.17) is 9.47 Å². The molecular formula is C28H26F3N5O3. The van der Waals surface area contributed by atoms with Crippen molar-refractivity contribution < 1.29 is 27.4 Å². The topological polar surface area (TPSA) is 98.3 Å². The Balaban J connectivity index is 1.55. The molecule has 0 aliphatic carbocycles. The zero-order chi connectivity index (χ0) is 28.2. The summed E-state index contributed by atoms with van der Waals surface area (Å²) in [7, 11) is 1.30. The molecule has 2 heterocycles. The Morgan fingerprint density at radius 3 is 2.38 bits per heavy atom. The zero-order valence-corrected chi connectivity index (χ0v) is 21.7. The Hall–Kier alpha value is -4.67. The molecule has 8 nitrogen and oxygen atoms in total. The zero-order valence-electron chi connectivity index (χ0n) is 21.7. The van der Waals surface area contributed by atoms with Crippen molar-refractivity contribution in [1.29, 1.82) is 0 Å². The van der Waals surface area contributed by atoms with Gasteiger partial charge in [-0.15, -0.1) is 0 Å². The molecule has 4 aromatic rings. The summed E-state index contributed by atoms with van der Waals surface area (Å²) in [6, 6.07) is 10.9. The van der Waals surface area contributed by atoms with Gasteiger partial charge in [0, 0.05) is 24.5 Å². The Morgan fingerprint density at radius 2 is 1.67 bits per heavy atom. The Labute approximate surface area is 223 Å². The minimum atomic E-state index is -4.57. The van der Waals surface area contributed by atoms with E-state index < -0.39 is 17.8 Å². The number of amides is 2. The van der Waals surface area contributed by atoms with Crippen LogP contribution in [0, 0.1) is 13.8 Å². The summed E-state index contributed by atoms with van der Waals surface area (Å²) >= 11 is 0. The number of carbonyl (C=O) groups is 1. The van der Waals surface area contributed by atoms with E-state index >= 15 is 0 Å². The lowest BCUT2D eigenvalue weighted by atomic mass is 10.1. The van der Waals surface area contributed by atoms with Crippen LogP contribution in [0.1, 0.15) is 29.4 Å². The molecule has 0 aliphatic rings. The SMILES string of the molecule is CCc1nccc(-c2cccnc2Oc2ccc(NC(=O)Nc3cc(C(F)(F)F)ccc3OC)c(C)c2C)n1. The number of hydrogen-bond donors (Lipinski definition) is 2. The predicted octanol–water partition coefficient (Wildman–Crippen LogP) is 7.18. The van der Waals surface area contributed by atoms with Gasteiger partial charge in [0.25, 0.3) is 0 Å². The van der Waals surface area contributed by atoms with E-state index in [0.29, 0.717) is 46.4 Å². The lowest BCUT2D eigenvalue weighted by Crippen LogP contribution is -2.21. The molecule has 2 N–H and O–H groups in total. The van der Waals surface area contributed by atoms with Crippen LogP contribution in [0.3, 0.4) is 0 Å². The van der Waals surface area contributed by atoms with Crippen molar-refractivity contribution in [3.05, 3.63) is 83.4 Å². The highest BCUT2D eigenvalue weighted by atomic mass is 19.4. The standard InChI is InChI=1S/C28H26F3N5O3/c1-5-25-32-14-12-21(34-25)19-7-6-13-33-26(19)39-23-11-9-20(16(2)17(23)3)35-27(37)36-22-15-18(28(29,30)31)8-10-24(22)38-4/h6-15H,5H2,1-4H3,(H2,35,36,37). The number of ether oxygens (including phenoxy) is 2. The van der Waals surface area contributed by atoms with Gasteiger partial charge in [-0.1, -0.05) is 6.92 Å². The van der Waals surface area contributed by atoms with Crippen molar-refractivity contribution in [3.63, 3.8) is 0 Å². The number of methoxy groups -OCH3 is 1. The smallest absolute Gasteiger partial charge is 0.416 e. The number of benzene rings is 2. The number of anilines is 2. The fourth-order valence-electron chi connectivity index (χ4n) is 3.79. The molecule has 0 spiro atoms. The van der Waals surface area contributed by atoms with Crippen molar-refractivity contribution in [1.82, 2.24) is 15.0 Å². The number of alkyl halides is 3. The summed E-state index contributed by atoms with van der Waals surface area (Å²) in [6.07, 6.45) is -0.577. The van der Waals surface area contributed by atoms with Gasteiger partial charge in [0.2, 0.25) is 5.88 Å². The molecule has 0 saturated heterocycles. The van der Waals surface area contributed by atoms with E-state index in [1.165, 1.54) is 7.11 Å². The maximum absolute atomic E-state index is 13.1. The van der Waals surface area contributed by atoms with Crippen LogP contribution in [-0.4, -0.2) is 28.1 Å². The largest absolute Gasteiger partial charge is 0.495 e. The second-order valence-electron chi connectivity index (χ2n) is 8.52. The third-order valence-corrected chi connectivity index (χ3v) is 6.04. The van der Waals surface area contributed by atoms with E-state index in [0.717, 1.165) is 23.8 Å². The minimum absolute atomic E-state index is 0.0933. The molecule has 11 heteroatoms. The number of nitrogens with one attached hydrogen (secondary N) is 2. The highest BCUT2D eigenvalue weighted by molar-refractivity contribution is 6.01. The Kier molecular flexibility index (Phi) is 7.99. The highest BCUT2D eigenvalue weighted by Crippen LogP contribution is 2.36.